The molecule has 0 aromatic heterocycles. The number of aliphatic carboxylic acids is 1. The van der Waals surface area contributed by atoms with Crippen LogP contribution in [0.1, 0.15) is 52.9 Å². The van der Waals surface area contributed by atoms with Crippen molar-refractivity contribution in [2.24, 2.45) is 23.7 Å². The van der Waals surface area contributed by atoms with E-state index in [9.17, 15) is 4.79 Å². The highest BCUT2D eigenvalue weighted by Crippen LogP contribution is 2.37. The molecule has 2 nitrogen and oxygen atoms in total. The Labute approximate surface area is 93.1 Å². The lowest BCUT2D eigenvalue weighted by molar-refractivity contribution is -0.138. The zero-order chi connectivity index (χ0) is 11.4. The maximum absolute atomic E-state index is 10.6. The number of hydrogen-bond donors (Lipinski definition) is 1. The molecule has 1 N–H and O–H groups in total. The largest absolute Gasteiger partial charge is 0.481 e. The first-order valence-electron chi connectivity index (χ1n) is 6.22. The Morgan fingerprint density at radius 3 is 2.00 bits per heavy atom. The molecule has 1 aliphatic rings. The third-order valence-electron chi connectivity index (χ3n) is 4.06. The molecule has 0 heterocycles. The molecular weight excluding hydrogens is 188 g/mol. The molecule has 1 saturated carbocycles. The molecule has 15 heavy (non-hydrogen) atoms. The van der Waals surface area contributed by atoms with Crippen LogP contribution in [0.25, 0.3) is 0 Å². The summed E-state index contributed by atoms with van der Waals surface area (Å²) in [5.74, 6) is 2.03. The van der Waals surface area contributed by atoms with Crippen molar-refractivity contribution in [1.82, 2.24) is 0 Å². The minimum Gasteiger partial charge on any atom is -0.481 e. The maximum Gasteiger partial charge on any atom is 0.303 e. The Bertz CT molecular complexity index is 203. The smallest absolute Gasteiger partial charge is 0.303 e. The topological polar surface area (TPSA) is 37.3 Å². The summed E-state index contributed by atoms with van der Waals surface area (Å²) in [7, 11) is 0. The first-order chi connectivity index (χ1) is 7.00. The van der Waals surface area contributed by atoms with E-state index in [1.807, 2.05) is 0 Å². The van der Waals surface area contributed by atoms with Gasteiger partial charge in [0.1, 0.15) is 0 Å². The lowest BCUT2D eigenvalue weighted by Gasteiger charge is -2.33. The lowest BCUT2D eigenvalue weighted by atomic mass is 9.72. The van der Waals surface area contributed by atoms with E-state index < -0.39 is 5.97 Å². The molecule has 0 bridgehead atoms. The van der Waals surface area contributed by atoms with Gasteiger partial charge in [0.15, 0.2) is 0 Å². The first-order valence-corrected chi connectivity index (χ1v) is 6.22. The molecule has 0 aromatic carbocycles. The van der Waals surface area contributed by atoms with Crippen LogP contribution in [0, 0.1) is 23.7 Å². The Morgan fingerprint density at radius 1 is 1.13 bits per heavy atom. The van der Waals surface area contributed by atoms with Crippen molar-refractivity contribution in [2.75, 3.05) is 0 Å². The molecule has 1 aliphatic carbocycles. The highest BCUT2D eigenvalue weighted by Gasteiger charge is 2.27. The van der Waals surface area contributed by atoms with Gasteiger partial charge in [-0.25, -0.2) is 0 Å². The van der Waals surface area contributed by atoms with Crippen molar-refractivity contribution in [3.63, 3.8) is 0 Å². The third kappa shape index (κ3) is 3.84. The summed E-state index contributed by atoms with van der Waals surface area (Å²) in [6.45, 7) is 6.69. The molecule has 0 aromatic rings. The van der Waals surface area contributed by atoms with E-state index in [0.29, 0.717) is 18.3 Å². The average molecular weight is 212 g/mol. The summed E-state index contributed by atoms with van der Waals surface area (Å²) in [5.41, 5.74) is 0. The van der Waals surface area contributed by atoms with Crippen LogP contribution in [0.2, 0.25) is 0 Å². The molecule has 1 fully saturated rings. The minimum atomic E-state index is -0.645. The number of rotatable bonds is 4. The van der Waals surface area contributed by atoms with Crippen molar-refractivity contribution in [3.8, 4) is 0 Å². The van der Waals surface area contributed by atoms with Crippen molar-refractivity contribution in [2.45, 2.75) is 52.9 Å². The maximum atomic E-state index is 10.6. The van der Waals surface area contributed by atoms with Crippen LogP contribution in [0.15, 0.2) is 0 Å². The SMILES string of the molecule is CC(C)C1CCC(C(C)CC(=O)O)CC1. The molecule has 0 amide bonds. The van der Waals surface area contributed by atoms with Crippen LogP contribution >= 0.6 is 0 Å². The number of carbonyl (C=O) groups is 1. The quantitative estimate of drug-likeness (QED) is 0.773. The van der Waals surface area contributed by atoms with Crippen molar-refractivity contribution >= 4 is 5.97 Å². The standard InChI is InChI=1S/C13H24O2/c1-9(2)11-4-6-12(7-5-11)10(3)8-13(14)15/h9-12H,4-8H2,1-3H3,(H,14,15). The average Bonchev–Trinajstić information content (AvgIpc) is 2.17. The Balaban J connectivity index is 2.33. The van der Waals surface area contributed by atoms with Gasteiger partial charge in [-0.2, -0.15) is 0 Å². The fourth-order valence-corrected chi connectivity index (χ4v) is 2.82. The highest BCUT2D eigenvalue weighted by molar-refractivity contribution is 5.66. The molecule has 1 atom stereocenters. The molecule has 0 radical (unpaired) electrons. The van der Waals surface area contributed by atoms with Gasteiger partial charge in [-0.3, -0.25) is 4.79 Å². The zero-order valence-corrected chi connectivity index (χ0v) is 10.2. The second-order valence-corrected chi connectivity index (χ2v) is 5.49. The van der Waals surface area contributed by atoms with Gasteiger partial charge >= 0.3 is 5.97 Å². The molecule has 0 saturated heterocycles. The predicted octanol–water partition coefficient (Wildman–Crippen LogP) is 3.56. The Kier molecular flexibility index (Phi) is 4.62. The highest BCUT2D eigenvalue weighted by atomic mass is 16.4. The van der Waals surface area contributed by atoms with Crippen LogP contribution in [0.4, 0.5) is 0 Å². The first kappa shape index (κ1) is 12.5. The van der Waals surface area contributed by atoms with Crippen LogP contribution in [0.5, 0.6) is 0 Å². The van der Waals surface area contributed by atoms with E-state index in [-0.39, 0.29) is 0 Å². The molecule has 2 heteroatoms. The Hall–Kier alpha value is -0.530. The summed E-state index contributed by atoms with van der Waals surface area (Å²) >= 11 is 0. The van der Waals surface area contributed by atoms with Gasteiger partial charge in [0.25, 0.3) is 0 Å². The van der Waals surface area contributed by atoms with Gasteiger partial charge in [0.05, 0.1) is 0 Å². The summed E-state index contributed by atoms with van der Waals surface area (Å²) in [5, 5.41) is 8.75. The second kappa shape index (κ2) is 5.53. The van der Waals surface area contributed by atoms with E-state index in [2.05, 4.69) is 20.8 Å². The summed E-state index contributed by atoms with van der Waals surface area (Å²) in [4.78, 5) is 10.6. The van der Waals surface area contributed by atoms with Crippen LogP contribution in [-0.4, -0.2) is 11.1 Å². The summed E-state index contributed by atoms with van der Waals surface area (Å²) < 4.78 is 0. The second-order valence-electron chi connectivity index (χ2n) is 5.49. The fraction of sp³-hybridized carbons (Fsp3) is 0.923. The third-order valence-corrected chi connectivity index (χ3v) is 4.06. The van der Waals surface area contributed by atoms with Gasteiger partial charge in [0, 0.05) is 6.42 Å². The number of carboxylic acid groups (broad SMARTS) is 1. The van der Waals surface area contributed by atoms with Crippen LogP contribution in [-0.2, 0) is 4.79 Å². The Morgan fingerprint density at radius 2 is 1.60 bits per heavy atom. The van der Waals surface area contributed by atoms with Crippen molar-refractivity contribution in [3.05, 3.63) is 0 Å². The van der Waals surface area contributed by atoms with Crippen molar-refractivity contribution < 1.29 is 9.90 Å². The molecule has 0 aliphatic heterocycles. The number of hydrogen-bond acceptors (Lipinski definition) is 1. The van der Waals surface area contributed by atoms with Crippen LogP contribution < -0.4 is 0 Å². The van der Waals surface area contributed by atoms with Gasteiger partial charge in [-0.15, -0.1) is 0 Å². The lowest BCUT2D eigenvalue weighted by Crippen LogP contribution is -2.24. The fourth-order valence-electron chi connectivity index (χ4n) is 2.82. The molecule has 88 valence electrons. The zero-order valence-electron chi connectivity index (χ0n) is 10.2. The van der Waals surface area contributed by atoms with E-state index in [4.69, 9.17) is 5.11 Å². The van der Waals surface area contributed by atoms with Gasteiger partial charge in [-0.1, -0.05) is 20.8 Å². The van der Waals surface area contributed by atoms with Gasteiger partial charge < -0.3 is 5.11 Å². The van der Waals surface area contributed by atoms with E-state index >= 15 is 0 Å². The van der Waals surface area contributed by atoms with Crippen LogP contribution in [0.3, 0.4) is 0 Å². The summed E-state index contributed by atoms with van der Waals surface area (Å²) in [6.07, 6.45) is 5.41. The van der Waals surface area contributed by atoms with E-state index in [0.717, 1.165) is 11.8 Å². The van der Waals surface area contributed by atoms with Gasteiger partial charge in [-0.05, 0) is 49.4 Å². The molecular formula is C13H24O2. The monoisotopic (exact) mass is 212 g/mol. The minimum absolute atomic E-state index is 0.344. The number of carboxylic acids is 1. The van der Waals surface area contributed by atoms with Crippen molar-refractivity contribution in [1.29, 1.82) is 0 Å². The van der Waals surface area contributed by atoms with Gasteiger partial charge in [0.2, 0.25) is 0 Å². The molecule has 0 spiro atoms. The van der Waals surface area contributed by atoms with E-state index in [1.165, 1.54) is 25.7 Å². The predicted molar refractivity (Wildman–Crippen MR) is 61.7 cm³/mol. The normalized spacial score (nSPS) is 29.1. The summed E-state index contributed by atoms with van der Waals surface area (Å²) in [6, 6.07) is 0. The molecule has 1 rings (SSSR count). The van der Waals surface area contributed by atoms with E-state index in [1.54, 1.807) is 0 Å². The molecule has 1 unspecified atom stereocenters.